The molecule has 4 nitrogen and oxygen atoms in total. The predicted octanol–water partition coefficient (Wildman–Crippen LogP) is 2.15. The van der Waals surface area contributed by atoms with Crippen LogP contribution in [0.2, 0.25) is 0 Å². The summed E-state index contributed by atoms with van der Waals surface area (Å²) in [5, 5.41) is 9.98. The summed E-state index contributed by atoms with van der Waals surface area (Å²) < 4.78 is 5.19. The molecule has 1 N–H and O–H groups in total. The van der Waals surface area contributed by atoms with Gasteiger partial charge >= 0.3 is 5.97 Å². The number of aliphatic hydroxyl groups excluding tert-OH is 1. The van der Waals surface area contributed by atoms with E-state index in [-0.39, 0.29) is 5.71 Å². The molecule has 17 heavy (non-hydrogen) atoms. The first kappa shape index (κ1) is 11.8. The number of carbonyl (C=O) groups is 1. The van der Waals surface area contributed by atoms with Gasteiger partial charge in [-0.25, -0.2) is 9.79 Å². The third-order valence-corrected chi connectivity index (χ3v) is 2.34. The second-order valence-corrected chi connectivity index (χ2v) is 4.96. The average molecular weight is 233 g/mol. The lowest BCUT2D eigenvalue weighted by Crippen LogP contribution is -2.30. The normalized spacial score (nSPS) is 18.6. The maximum atomic E-state index is 11.8. The lowest BCUT2D eigenvalue weighted by atomic mass is 10.1. The summed E-state index contributed by atoms with van der Waals surface area (Å²) in [5.41, 5.74) is 0.740. The number of hydrogen-bond donors (Lipinski definition) is 1. The van der Waals surface area contributed by atoms with Crippen LogP contribution in [0.5, 0.6) is 0 Å². The van der Waals surface area contributed by atoms with Gasteiger partial charge in [-0.15, -0.1) is 0 Å². The topological polar surface area (TPSA) is 58.9 Å². The number of esters is 1. The van der Waals surface area contributed by atoms with Crippen LogP contribution in [-0.2, 0) is 9.53 Å². The molecule has 4 heteroatoms. The van der Waals surface area contributed by atoms with E-state index >= 15 is 0 Å². The summed E-state index contributed by atoms with van der Waals surface area (Å²) >= 11 is 0. The number of aliphatic hydroxyl groups is 1. The van der Waals surface area contributed by atoms with Crippen LogP contribution in [0.3, 0.4) is 0 Å². The highest BCUT2D eigenvalue weighted by atomic mass is 16.6. The van der Waals surface area contributed by atoms with Crippen molar-refractivity contribution in [1.29, 1.82) is 0 Å². The van der Waals surface area contributed by atoms with Crippen LogP contribution in [0, 0.1) is 0 Å². The number of para-hydroxylation sites is 1. The molecule has 1 aromatic rings. The van der Waals surface area contributed by atoms with Gasteiger partial charge in [0.05, 0.1) is 5.69 Å². The molecule has 1 unspecified atom stereocenters. The van der Waals surface area contributed by atoms with E-state index in [4.69, 9.17) is 4.74 Å². The summed E-state index contributed by atoms with van der Waals surface area (Å²) in [6.45, 7) is 5.33. The van der Waals surface area contributed by atoms with Crippen molar-refractivity contribution in [2.45, 2.75) is 32.5 Å². The van der Waals surface area contributed by atoms with Gasteiger partial charge in [-0.2, -0.15) is 0 Å². The van der Waals surface area contributed by atoms with Gasteiger partial charge in [0, 0.05) is 5.56 Å². The number of benzene rings is 1. The quantitative estimate of drug-likeness (QED) is 0.756. The molecule has 1 heterocycles. The third-order valence-electron chi connectivity index (χ3n) is 2.34. The first-order chi connectivity index (χ1) is 7.88. The minimum absolute atomic E-state index is 0.0566. The third kappa shape index (κ3) is 2.36. The number of rotatable bonds is 1. The first-order valence-electron chi connectivity index (χ1n) is 5.47. The van der Waals surface area contributed by atoms with Gasteiger partial charge < -0.3 is 9.84 Å². The van der Waals surface area contributed by atoms with Gasteiger partial charge in [0.2, 0.25) is 0 Å². The van der Waals surface area contributed by atoms with Crippen LogP contribution < -0.4 is 0 Å². The van der Waals surface area contributed by atoms with E-state index in [1.165, 1.54) is 0 Å². The van der Waals surface area contributed by atoms with Crippen LogP contribution in [0.4, 0.5) is 5.69 Å². The molecular weight excluding hydrogens is 218 g/mol. The highest BCUT2D eigenvalue weighted by Crippen LogP contribution is 2.34. The van der Waals surface area contributed by atoms with Gasteiger partial charge in [0.25, 0.3) is 0 Å². The lowest BCUT2D eigenvalue weighted by Gasteiger charge is -2.20. The molecule has 0 aliphatic carbocycles. The van der Waals surface area contributed by atoms with Crippen molar-refractivity contribution in [3.8, 4) is 0 Å². The van der Waals surface area contributed by atoms with Gasteiger partial charge in [0.15, 0.2) is 5.71 Å². The Morgan fingerprint density at radius 1 is 1.35 bits per heavy atom. The fraction of sp³-hybridized carbons (Fsp3) is 0.385. The average Bonchev–Trinajstić information content (AvgIpc) is 2.55. The summed E-state index contributed by atoms with van der Waals surface area (Å²) in [5.74, 6) is -0.568. The van der Waals surface area contributed by atoms with Crippen LogP contribution in [0.15, 0.2) is 29.3 Å². The Morgan fingerprint density at radius 3 is 2.59 bits per heavy atom. The van der Waals surface area contributed by atoms with Crippen LogP contribution in [0.25, 0.3) is 0 Å². The van der Waals surface area contributed by atoms with Crippen LogP contribution in [0.1, 0.15) is 32.4 Å². The smallest absolute Gasteiger partial charge is 0.356 e. The predicted molar refractivity (Wildman–Crippen MR) is 64.3 cm³/mol. The Balaban J connectivity index is 2.24. The number of hydrogen-bond acceptors (Lipinski definition) is 4. The largest absolute Gasteiger partial charge is 0.455 e. The Labute approximate surface area is 99.9 Å². The molecule has 0 saturated carbocycles. The number of nitrogens with zero attached hydrogens (tertiary/aromatic N) is 1. The Kier molecular flexibility index (Phi) is 2.75. The highest BCUT2D eigenvalue weighted by Gasteiger charge is 2.32. The minimum atomic E-state index is -0.985. The zero-order chi connectivity index (χ0) is 12.6. The molecule has 1 aromatic carbocycles. The number of ether oxygens (including phenoxy) is 1. The fourth-order valence-electron chi connectivity index (χ4n) is 1.65. The van der Waals surface area contributed by atoms with Crippen molar-refractivity contribution in [2.24, 2.45) is 4.99 Å². The van der Waals surface area contributed by atoms with E-state index in [1.807, 2.05) is 6.07 Å². The highest BCUT2D eigenvalue weighted by molar-refractivity contribution is 6.40. The monoisotopic (exact) mass is 233 g/mol. The molecule has 0 spiro atoms. The molecule has 2 rings (SSSR count). The van der Waals surface area contributed by atoms with E-state index in [0.717, 1.165) is 0 Å². The molecule has 0 amide bonds. The second-order valence-electron chi connectivity index (χ2n) is 4.96. The maximum absolute atomic E-state index is 11.8. The zero-order valence-electron chi connectivity index (χ0n) is 10.1. The van der Waals surface area contributed by atoms with E-state index in [0.29, 0.717) is 11.3 Å². The molecule has 0 fully saturated rings. The first-order valence-corrected chi connectivity index (χ1v) is 5.47. The van der Waals surface area contributed by atoms with Gasteiger partial charge in [-0.3, -0.25) is 0 Å². The van der Waals surface area contributed by atoms with Crippen molar-refractivity contribution in [3.05, 3.63) is 29.8 Å². The van der Waals surface area contributed by atoms with Crippen molar-refractivity contribution in [1.82, 2.24) is 0 Å². The molecule has 1 aliphatic rings. The molecule has 0 bridgehead atoms. The Bertz CT molecular complexity index is 486. The molecular formula is C13H15NO3. The summed E-state index contributed by atoms with van der Waals surface area (Å²) in [7, 11) is 0. The van der Waals surface area contributed by atoms with Gasteiger partial charge in [-0.05, 0) is 26.8 Å². The number of fused-ring (bicyclic) bond motifs is 1. The molecule has 0 aromatic heterocycles. The molecule has 90 valence electrons. The zero-order valence-corrected chi connectivity index (χ0v) is 10.1. The van der Waals surface area contributed by atoms with E-state index in [2.05, 4.69) is 4.99 Å². The second kappa shape index (κ2) is 3.96. The lowest BCUT2D eigenvalue weighted by molar-refractivity contribution is -0.146. The molecule has 0 radical (unpaired) electrons. The van der Waals surface area contributed by atoms with Crippen molar-refractivity contribution in [2.75, 3.05) is 0 Å². The van der Waals surface area contributed by atoms with Crippen LogP contribution >= 0.6 is 0 Å². The fourth-order valence-corrected chi connectivity index (χ4v) is 1.65. The van der Waals surface area contributed by atoms with Gasteiger partial charge in [0.1, 0.15) is 11.7 Å². The molecule has 1 atom stereocenters. The number of carbonyl (C=O) groups excluding carboxylic acids is 1. The number of aliphatic imine (C=N–C) groups is 1. The summed E-state index contributed by atoms with van der Waals surface area (Å²) in [6.07, 6.45) is -0.985. The van der Waals surface area contributed by atoms with E-state index in [1.54, 1.807) is 39.0 Å². The van der Waals surface area contributed by atoms with E-state index < -0.39 is 17.7 Å². The standard InChI is InChI=1S/C13H15NO3/c1-13(2,3)17-12(16)10-11(15)8-6-4-5-7-9(8)14-10/h4-7,11,15H,1-3H3. The van der Waals surface area contributed by atoms with Gasteiger partial charge in [-0.1, -0.05) is 18.2 Å². The van der Waals surface area contributed by atoms with Crippen molar-refractivity contribution >= 4 is 17.4 Å². The van der Waals surface area contributed by atoms with Crippen molar-refractivity contribution in [3.63, 3.8) is 0 Å². The van der Waals surface area contributed by atoms with E-state index in [9.17, 15) is 9.90 Å². The minimum Gasteiger partial charge on any atom is -0.455 e. The maximum Gasteiger partial charge on any atom is 0.356 e. The Morgan fingerprint density at radius 2 is 2.00 bits per heavy atom. The summed E-state index contributed by atoms with van der Waals surface area (Å²) in [6, 6.07) is 7.12. The molecule has 0 saturated heterocycles. The SMILES string of the molecule is CC(C)(C)OC(=O)C1=Nc2ccccc2C1O. The van der Waals surface area contributed by atoms with Crippen molar-refractivity contribution < 1.29 is 14.6 Å². The van der Waals surface area contributed by atoms with Crippen LogP contribution in [-0.4, -0.2) is 22.4 Å². The Hall–Kier alpha value is -1.68. The summed E-state index contributed by atoms with van der Waals surface area (Å²) in [4.78, 5) is 15.9. The molecule has 1 aliphatic heterocycles.